The van der Waals surface area contributed by atoms with E-state index in [4.69, 9.17) is 0 Å². The van der Waals surface area contributed by atoms with Crippen LogP contribution in [0.15, 0.2) is 24.3 Å². The van der Waals surface area contributed by atoms with Crippen LogP contribution in [-0.4, -0.2) is 41.0 Å². The summed E-state index contributed by atoms with van der Waals surface area (Å²) in [5, 5.41) is 12.3. The number of carbonyl (C=O) groups excluding carboxylic acids is 2. The molecule has 2 N–H and O–H groups in total. The number of hydrogen-bond donors (Lipinski definition) is 2. The number of anilines is 1. The van der Waals surface area contributed by atoms with Gasteiger partial charge in [0.05, 0.1) is 12.5 Å². The molecule has 1 saturated heterocycles. The number of aliphatic hydroxyl groups is 1. The normalized spacial score (nSPS) is 19.4. The highest BCUT2D eigenvalue weighted by Crippen LogP contribution is 2.20. The van der Waals surface area contributed by atoms with E-state index in [-0.39, 0.29) is 23.8 Å². The van der Waals surface area contributed by atoms with E-state index in [2.05, 4.69) is 5.32 Å². The first-order chi connectivity index (χ1) is 9.95. The number of amides is 2. The van der Waals surface area contributed by atoms with Gasteiger partial charge in [0.2, 0.25) is 11.8 Å². The summed E-state index contributed by atoms with van der Waals surface area (Å²) in [4.78, 5) is 25.0. The summed E-state index contributed by atoms with van der Waals surface area (Å²) in [6.45, 7) is 4.60. The summed E-state index contributed by atoms with van der Waals surface area (Å²) >= 11 is 0. The number of nitrogens with zero attached hydrogens (tertiary/aromatic N) is 1. The van der Waals surface area contributed by atoms with Crippen LogP contribution in [0.4, 0.5) is 5.69 Å². The van der Waals surface area contributed by atoms with E-state index in [9.17, 15) is 14.7 Å². The Hall–Kier alpha value is -1.88. The van der Waals surface area contributed by atoms with Crippen LogP contribution in [0.5, 0.6) is 0 Å². The number of carbonyl (C=O) groups is 2. The lowest BCUT2D eigenvalue weighted by Gasteiger charge is -2.18. The third-order valence-electron chi connectivity index (χ3n) is 3.89. The smallest absolute Gasteiger partial charge is 0.227 e. The van der Waals surface area contributed by atoms with Crippen LogP contribution in [0.2, 0.25) is 0 Å². The van der Waals surface area contributed by atoms with Gasteiger partial charge in [-0.25, -0.2) is 0 Å². The molecule has 2 atom stereocenters. The van der Waals surface area contributed by atoms with Gasteiger partial charge in [0, 0.05) is 31.6 Å². The molecule has 0 saturated carbocycles. The molecule has 0 aliphatic carbocycles. The largest absolute Gasteiger partial charge is 0.393 e. The Labute approximate surface area is 125 Å². The molecule has 0 radical (unpaired) electrons. The second-order valence-corrected chi connectivity index (χ2v) is 5.68. The molecule has 1 fully saturated rings. The van der Waals surface area contributed by atoms with Gasteiger partial charge in [-0.1, -0.05) is 12.1 Å². The van der Waals surface area contributed by atoms with Gasteiger partial charge in [-0.15, -0.1) is 0 Å². The predicted molar refractivity (Wildman–Crippen MR) is 80.8 cm³/mol. The Morgan fingerprint density at radius 2 is 2.05 bits per heavy atom. The molecule has 5 nitrogen and oxygen atoms in total. The zero-order valence-corrected chi connectivity index (χ0v) is 12.5. The maximum Gasteiger partial charge on any atom is 0.227 e. The van der Waals surface area contributed by atoms with Crippen LogP contribution in [0.3, 0.4) is 0 Å². The zero-order valence-electron chi connectivity index (χ0n) is 12.5. The first kappa shape index (κ1) is 15.5. The second kappa shape index (κ2) is 6.72. The Morgan fingerprint density at radius 1 is 1.38 bits per heavy atom. The highest BCUT2D eigenvalue weighted by Gasteiger charge is 2.28. The van der Waals surface area contributed by atoms with Crippen molar-refractivity contribution in [1.29, 1.82) is 0 Å². The Balaban J connectivity index is 1.89. The van der Waals surface area contributed by atoms with Gasteiger partial charge in [0.25, 0.3) is 0 Å². The van der Waals surface area contributed by atoms with Crippen molar-refractivity contribution in [2.75, 3.05) is 18.4 Å². The fourth-order valence-electron chi connectivity index (χ4n) is 2.60. The van der Waals surface area contributed by atoms with Crippen molar-refractivity contribution in [3.05, 3.63) is 29.8 Å². The monoisotopic (exact) mass is 290 g/mol. The van der Waals surface area contributed by atoms with Gasteiger partial charge >= 0.3 is 0 Å². The lowest BCUT2D eigenvalue weighted by atomic mass is 10.0. The maximum absolute atomic E-state index is 12.2. The molecule has 1 aromatic rings. The molecule has 0 aromatic heterocycles. The summed E-state index contributed by atoms with van der Waals surface area (Å²) in [7, 11) is 0. The van der Waals surface area contributed by atoms with Crippen LogP contribution < -0.4 is 5.32 Å². The molecular weight excluding hydrogens is 268 g/mol. The molecule has 2 unspecified atom stereocenters. The van der Waals surface area contributed by atoms with Crippen molar-refractivity contribution >= 4 is 17.5 Å². The van der Waals surface area contributed by atoms with E-state index in [1.54, 1.807) is 19.1 Å². The average molecular weight is 290 g/mol. The van der Waals surface area contributed by atoms with E-state index in [1.807, 2.05) is 17.0 Å². The molecule has 0 bridgehead atoms. The predicted octanol–water partition coefficient (Wildman–Crippen LogP) is 1.42. The van der Waals surface area contributed by atoms with E-state index >= 15 is 0 Å². The summed E-state index contributed by atoms with van der Waals surface area (Å²) in [5.74, 6) is 0.168. The van der Waals surface area contributed by atoms with Gasteiger partial charge in [0.15, 0.2) is 0 Å². The SMILES string of the molecule is CC(=O)Nc1ccc(CC(=O)N2CCC(C(C)O)C2)cc1. The highest BCUT2D eigenvalue weighted by atomic mass is 16.3. The number of benzene rings is 1. The van der Waals surface area contributed by atoms with Crippen molar-refractivity contribution in [3.63, 3.8) is 0 Å². The van der Waals surface area contributed by atoms with Crippen molar-refractivity contribution in [1.82, 2.24) is 4.90 Å². The molecule has 21 heavy (non-hydrogen) atoms. The van der Waals surface area contributed by atoms with Crippen LogP contribution in [0.25, 0.3) is 0 Å². The number of rotatable bonds is 4. The number of likely N-dealkylation sites (tertiary alicyclic amines) is 1. The van der Waals surface area contributed by atoms with Gasteiger partial charge in [0.1, 0.15) is 0 Å². The van der Waals surface area contributed by atoms with Gasteiger partial charge in [-0.2, -0.15) is 0 Å². The quantitative estimate of drug-likeness (QED) is 0.881. The molecule has 2 rings (SSSR count). The summed E-state index contributed by atoms with van der Waals surface area (Å²) in [5.41, 5.74) is 1.66. The lowest BCUT2D eigenvalue weighted by Crippen LogP contribution is -2.31. The molecule has 0 spiro atoms. The van der Waals surface area contributed by atoms with E-state index in [0.29, 0.717) is 13.0 Å². The van der Waals surface area contributed by atoms with Crippen LogP contribution in [0.1, 0.15) is 25.8 Å². The van der Waals surface area contributed by atoms with Crippen molar-refractivity contribution in [2.24, 2.45) is 5.92 Å². The molecule has 1 aliphatic rings. The number of nitrogens with one attached hydrogen (secondary N) is 1. The highest BCUT2D eigenvalue weighted by molar-refractivity contribution is 5.88. The zero-order chi connectivity index (χ0) is 15.4. The Kier molecular flexibility index (Phi) is 4.96. The molecule has 1 heterocycles. The fraction of sp³-hybridized carbons (Fsp3) is 0.500. The van der Waals surface area contributed by atoms with Gasteiger partial charge < -0.3 is 15.3 Å². The molecule has 1 aromatic carbocycles. The van der Waals surface area contributed by atoms with Crippen molar-refractivity contribution < 1.29 is 14.7 Å². The molecule has 2 amide bonds. The maximum atomic E-state index is 12.2. The molecule has 1 aliphatic heterocycles. The Bertz CT molecular complexity index is 511. The Morgan fingerprint density at radius 3 is 2.57 bits per heavy atom. The van der Waals surface area contributed by atoms with Crippen molar-refractivity contribution in [3.8, 4) is 0 Å². The molecular formula is C16H22N2O3. The van der Waals surface area contributed by atoms with Gasteiger partial charge in [-0.05, 0) is 31.0 Å². The second-order valence-electron chi connectivity index (χ2n) is 5.68. The lowest BCUT2D eigenvalue weighted by molar-refractivity contribution is -0.129. The minimum absolute atomic E-state index is 0.0884. The summed E-state index contributed by atoms with van der Waals surface area (Å²) in [6, 6.07) is 7.30. The topological polar surface area (TPSA) is 69.6 Å². The standard InChI is InChI=1S/C16H22N2O3/c1-11(19)14-7-8-18(10-14)16(21)9-13-3-5-15(6-4-13)17-12(2)20/h3-6,11,14,19H,7-10H2,1-2H3,(H,17,20). The first-order valence-corrected chi connectivity index (χ1v) is 7.28. The molecule has 114 valence electrons. The number of hydrogen-bond acceptors (Lipinski definition) is 3. The first-order valence-electron chi connectivity index (χ1n) is 7.28. The van der Waals surface area contributed by atoms with Crippen LogP contribution in [0, 0.1) is 5.92 Å². The average Bonchev–Trinajstić information content (AvgIpc) is 2.90. The minimum atomic E-state index is -0.361. The third-order valence-corrected chi connectivity index (χ3v) is 3.89. The van der Waals surface area contributed by atoms with Crippen molar-refractivity contribution in [2.45, 2.75) is 32.8 Å². The van der Waals surface area contributed by atoms with E-state index in [0.717, 1.165) is 24.2 Å². The van der Waals surface area contributed by atoms with E-state index in [1.165, 1.54) is 6.92 Å². The fourth-order valence-corrected chi connectivity index (χ4v) is 2.60. The van der Waals surface area contributed by atoms with Crippen LogP contribution in [-0.2, 0) is 16.0 Å². The number of aliphatic hydroxyl groups excluding tert-OH is 1. The van der Waals surface area contributed by atoms with E-state index < -0.39 is 0 Å². The van der Waals surface area contributed by atoms with Crippen LogP contribution >= 0.6 is 0 Å². The van der Waals surface area contributed by atoms with Gasteiger partial charge in [-0.3, -0.25) is 9.59 Å². The summed E-state index contributed by atoms with van der Waals surface area (Å²) in [6.07, 6.45) is 0.859. The minimum Gasteiger partial charge on any atom is -0.393 e. The summed E-state index contributed by atoms with van der Waals surface area (Å²) < 4.78 is 0. The third kappa shape index (κ3) is 4.29. The molecule has 5 heteroatoms.